The molecule has 0 atom stereocenters. The molecule has 1 heterocycles. The van der Waals surface area contributed by atoms with Gasteiger partial charge < -0.3 is 5.73 Å². The largest absolute Gasteiger partial charge is 0.325 e. The van der Waals surface area contributed by atoms with Gasteiger partial charge in [-0.05, 0) is 48.8 Å². The topological polar surface area (TPSA) is 38.9 Å². The minimum atomic E-state index is 0.0882. The molecular weight excluding hydrogens is 196 g/mol. The van der Waals surface area contributed by atoms with Gasteiger partial charge in [0.15, 0.2) is 0 Å². The summed E-state index contributed by atoms with van der Waals surface area (Å²) in [5, 5.41) is 2.52. The average Bonchev–Trinajstić information content (AvgIpc) is 2.96. The quantitative estimate of drug-likeness (QED) is 0.831. The van der Waals surface area contributed by atoms with E-state index in [1.54, 1.807) is 0 Å². The number of nitrogens with zero attached hydrogens (tertiary/aromatic N) is 1. The van der Waals surface area contributed by atoms with Crippen LogP contribution in [-0.4, -0.2) is 10.5 Å². The van der Waals surface area contributed by atoms with Crippen LogP contribution in [0.15, 0.2) is 30.6 Å². The standard InChI is InChI=1S/C14H16N2/c1-10-8-16-9-12-6-11(2-3-13(10)12)7-14(15)4-5-14/h2-3,6,8-9H,4-5,7,15H2,1H3. The van der Waals surface area contributed by atoms with Crippen LogP contribution in [-0.2, 0) is 6.42 Å². The summed E-state index contributed by atoms with van der Waals surface area (Å²) in [6.07, 6.45) is 7.17. The SMILES string of the molecule is Cc1cncc2cc(CC3(N)CC3)ccc12. The van der Waals surface area contributed by atoms with Gasteiger partial charge in [-0.2, -0.15) is 0 Å². The van der Waals surface area contributed by atoms with Gasteiger partial charge in [0.25, 0.3) is 0 Å². The molecule has 0 radical (unpaired) electrons. The smallest absolute Gasteiger partial charge is 0.0346 e. The van der Waals surface area contributed by atoms with E-state index in [4.69, 9.17) is 5.73 Å². The molecule has 1 saturated carbocycles. The normalized spacial score (nSPS) is 17.6. The van der Waals surface area contributed by atoms with Crippen molar-refractivity contribution in [1.82, 2.24) is 4.98 Å². The van der Waals surface area contributed by atoms with E-state index in [1.807, 2.05) is 12.4 Å². The molecule has 1 aliphatic rings. The minimum absolute atomic E-state index is 0.0882. The predicted octanol–water partition coefficient (Wildman–Crippen LogP) is 2.58. The van der Waals surface area contributed by atoms with Crippen molar-refractivity contribution in [2.75, 3.05) is 0 Å². The fourth-order valence-corrected chi connectivity index (χ4v) is 2.23. The number of benzene rings is 1. The minimum Gasteiger partial charge on any atom is -0.325 e. The molecule has 0 aliphatic heterocycles. The number of pyridine rings is 1. The summed E-state index contributed by atoms with van der Waals surface area (Å²) in [7, 11) is 0. The summed E-state index contributed by atoms with van der Waals surface area (Å²) >= 11 is 0. The van der Waals surface area contributed by atoms with Crippen molar-refractivity contribution in [2.24, 2.45) is 5.73 Å². The van der Waals surface area contributed by atoms with Crippen LogP contribution in [0.25, 0.3) is 10.8 Å². The molecule has 0 unspecified atom stereocenters. The van der Waals surface area contributed by atoms with Crippen LogP contribution in [0.2, 0.25) is 0 Å². The molecule has 2 heteroatoms. The van der Waals surface area contributed by atoms with E-state index in [9.17, 15) is 0 Å². The van der Waals surface area contributed by atoms with Gasteiger partial charge in [0.2, 0.25) is 0 Å². The summed E-state index contributed by atoms with van der Waals surface area (Å²) in [5.41, 5.74) is 8.79. The Morgan fingerprint density at radius 1 is 1.31 bits per heavy atom. The molecule has 1 aliphatic carbocycles. The maximum Gasteiger partial charge on any atom is 0.0346 e. The molecule has 16 heavy (non-hydrogen) atoms. The van der Waals surface area contributed by atoms with Crippen molar-refractivity contribution in [3.63, 3.8) is 0 Å². The van der Waals surface area contributed by atoms with Crippen molar-refractivity contribution in [3.05, 3.63) is 41.7 Å². The third kappa shape index (κ3) is 1.69. The average molecular weight is 212 g/mol. The van der Waals surface area contributed by atoms with Crippen LogP contribution in [0.3, 0.4) is 0 Å². The molecule has 2 nitrogen and oxygen atoms in total. The Morgan fingerprint density at radius 3 is 2.88 bits per heavy atom. The second kappa shape index (κ2) is 3.29. The Kier molecular flexibility index (Phi) is 2.01. The second-order valence-electron chi connectivity index (χ2n) is 5.05. The highest BCUT2D eigenvalue weighted by Gasteiger charge is 2.37. The van der Waals surface area contributed by atoms with Crippen LogP contribution in [0.5, 0.6) is 0 Å². The zero-order valence-corrected chi connectivity index (χ0v) is 9.53. The van der Waals surface area contributed by atoms with Gasteiger partial charge in [-0.15, -0.1) is 0 Å². The summed E-state index contributed by atoms with van der Waals surface area (Å²) in [6, 6.07) is 6.61. The molecule has 82 valence electrons. The van der Waals surface area contributed by atoms with E-state index >= 15 is 0 Å². The first-order valence-corrected chi connectivity index (χ1v) is 5.78. The maximum absolute atomic E-state index is 6.14. The predicted molar refractivity (Wildman–Crippen MR) is 66.3 cm³/mol. The van der Waals surface area contributed by atoms with Crippen LogP contribution in [0.1, 0.15) is 24.0 Å². The van der Waals surface area contributed by atoms with E-state index in [0.717, 1.165) is 19.3 Å². The highest BCUT2D eigenvalue weighted by Crippen LogP contribution is 2.36. The number of hydrogen-bond donors (Lipinski definition) is 1. The van der Waals surface area contributed by atoms with Gasteiger partial charge in [-0.3, -0.25) is 4.98 Å². The highest BCUT2D eigenvalue weighted by molar-refractivity contribution is 5.85. The number of hydrogen-bond acceptors (Lipinski definition) is 2. The van der Waals surface area contributed by atoms with Gasteiger partial charge in [0, 0.05) is 23.3 Å². The first kappa shape index (κ1) is 9.79. The van der Waals surface area contributed by atoms with Crippen molar-refractivity contribution < 1.29 is 0 Å². The van der Waals surface area contributed by atoms with Crippen molar-refractivity contribution in [2.45, 2.75) is 31.7 Å². The van der Waals surface area contributed by atoms with Crippen molar-refractivity contribution in [3.8, 4) is 0 Å². The summed E-state index contributed by atoms with van der Waals surface area (Å²) < 4.78 is 0. The lowest BCUT2D eigenvalue weighted by atomic mass is 10.0. The number of rotatable bonds is 2. The molecular formula is C14H16N2. The molecule has 3 rings (SSSR count). The number of nitrogens with two attached hydrogens (primary N) is 1. The Hall–Kier alpha value is -1.41. The lowest BCUT2D eigenvalue weighted by Crippen LogP contribution is -2.24. The van der Waals surface area contributed by atoms with Gasteiger partial charge in [0.05, 0.1) is 0 Å². The van der Waals surface area contributed by atoms with E-state index in [2.05, 4.69) is 30.1 Å². The molecule has 0 amide bonds. The molecule has 1 aromatic heterocycles. The summed E-state index contributed by atoms with van der Waals surface area (Å²) in [4.78, 5) is 4.23. The van der Waals surface area contributed by atoms with E-state index in [1.165, 1.54) is 21.9 Å². The fourth-order valence-electron chi connectivity index (χ4n) is 2.23. The Labute approximate surface area is 95.5 Å². The van der Waals surface area contributed by atoms with Crippen molar-refractivity contribution >= 4 is 10.8 Å². The zero-order valence-electron chi connectivity index (χ0n) is 9.53. The van der Waals surface area contributed by atoms with E-state index in [-0.39, 0.29) is 5.54 Å². The molecule has 1 aromatic carbocycles. The maximum atomic E-state index is 6.14. The zero-order chi connectivity index (χ0) is 11.2. The lowest BCUT2D eigenvalue weighted by Gasteiger charge is -2.09. The van der Waals surface area contributed by atoms with Gasteiger partial charge in [-0.1, -0.05) is 12.1 Å². The van der Waals surface area contributed by atoms with E-state index in [0.29, 0.717) is 0 Å². The summed E-state index contributed by atoms with van der Waals surface area (Å²) in [5.74, 6) is 0. The van der Waals surface area contributed by atoms with Crippen LogP contribution >= 0.6 is 0 Å². The van der Waals surface area contributed by atoms with Crippen molar-refractivity contribution in [1.29, 1.82) is 0 Å². The van der Waals surface area contributed by atoms with Gasteiger partial charge in [0.1, 0.15) is 0 Å². The highest BCUT2D eigenvalue weighted by atomic mass is 14.8. The first-order valence-electron chi connectivity index (χ1n) is 5.78. The Balaban J connectivity index is 2.02. The van der Waals surface area contributed by atoms with Crippen LogP contribution in [0, 0.1) is 6.92 Å². The van der Waals surface area contributed by atoms with Gasteiger partial charge >= 0.3 is 0 Å². The Bertz CT molecular complexity index is 541. The third-order valence-electron chi connectivity index (χ3n) is 3.47. The first-order chi connectivity index (χ1) is 7.66. The Morgan fingerprint density at radius 2 is 2.12 bits per heavy atom. The number of aromatic nitrogens is 1. The molecule has 0 bridgehead atoms. The second-order valence-corrected chi connectivity index (χ2v) is 5.05. The summed E-state index contributed by atoms with van der Waals surface area (Å²) in [6.45, 7) is 2.10. The molecule has 1 fully saturated rings. The lowest BCUT2D eigenvalue weighted by molar-refractivity contribution is 0.673. The molecule has 0 spiro atoms. The molecule has 0 saturated heterocycles. The van der Waals surface area contributed by atoms with Crippen LogP contribution < -0.4 is 5.73 Å². The molecule has 2 N–H and O–H groups in total. The number of fused-ring (bicyclic) bond motifs is 1. The molecule has 2 aromatic rings. The van der Waals surface area contributed by atoms with Crippen LogP contribution in [0.4, 0.5) is 0 Å². The third-order valence-corrected chi connectivity index (χ3v) is 3.47. The van der Waals surface area contributed by atoms with Gasteiger partial charge in [-0.25, -0.2) is 0 Å². The fraction of sp³-hybridized carbons (Fsp3) is 0.357. The number of aryl methyl sites for hydroxylation is 1. The monoisotopic (exact) mass is 212 g/mol. The van der Waals surface area contributed by atoms with E-state index < -0.39 is 0 Å².